The van der Waals surface area contributed by atoms with Gasteiger partial charge in [0.05, 0.1) is 10.6 Å². The molecule has 4 heteroatoms. The van der Waals surface area contributed by atoms with E-state index >= 15 is 0 Å². The molecule has 0 heterocycles. The average Bonchev–Trinajstić information content (AvgIpc) is 2.41. The fourth-order valence-corrected chi connectivity index (χ4v) is 2.27. The maximum Gasteiger partial charge on any atom is 0.343 e. The largest absolute Gasteiger partial charge is 0.421 e. The van der Waals surface area contributed by atoms with Crippen LogP contribution in [0.2, 0.25) is 10.0 Å². The quantitative estimate of drug-likeness (QED) is 0.538. The first-order chi connectivity index (χ1) is 9.77. The summed E-state index contributed by atoms with van der Waals surface area (Å²) in [5.74, 6) is -0.148. The number of carbonyl (C=O) groups is 1. The van der Waals surface area contributed by atoms with Crippen molar-refractivity contribution in [2.45, 2.75) is 26.2 Å². The Morgan fingerprint density at radius 2 is 1.62 bits per heavy atom. The second-order valence-corrected chi connectivity index (χ2v) is 6.64. The van der Waals surface area contributed by atoms with Gasteiger partial charge < -0.3 is 4.74 Å². The van der Waals surface area contributed by atoms with Gasteiger partial charge in [-0.25, -0.2) is 4.79 Å². The van der Waals surface area contributed by atoms with Gasteiger partial charge in [0.25, 0.3) is 0 Å². The van der Waals surface area contributed by atoms with E-state index in [2.05, 4.69) is 20.8 Å². The van der Waals surface area contributed by atoms with Crippen molar-refractivity contribution >= 4 is 29.2 Å². The van der Waals surface area contributed by atoms with Crippen molar-refractivity contribution in [2.24, 2.45) is 0 Å². The van der Waals surface area contributed by atoms with Gasteiger partial charge >= 0.3 is 5.97 Å². The van der Waals surface area contributed by atoms with E-state index in [4.69, 9.17) is 27.9 Å². The van der Waals surface area contributed by atoms with Crippen LogP contribution in [-0.2, 0) is 5.41 Å². The number of rotatable bonds is 2. The molecule has 21 heavy (non-hydrogen) atoms. The van der Waals surface area contributed by atoms with Crippen LogP contribution >= 0.6 is 23.2 Å². The van der Waals surface area contributed by atoms with Crippen LogP contribution in [0.3, 0.4) is 0 Å². The highest BCUT2D eigenvalue weighted by Gasteiger charge is 2.15. The molecule has 0 saturated heterocycles. The zero-order valence-electron chi connectivity index (χ0n) is 12.1. The molecule has 0 atom stereocenters. The van der Waals surface area contributed by atoms with Crippen molar-refractivity contribution in [1.29, 1.82) is 0 Å². The monoisotopic (exact) mass is 322 g/mol. The fourth-order valence-electron chi connectivity index (χ4n) is 1.82. The maximum atomic E-state index is 12.1. The van der Waals surface area contributed by atoms with Gasteiger partial charge in [0.1, 0.15) is 5.75 Å². The Hall–Kier alpha value is -1.51. The lowest BCUT2D eigenvalue weighted by Gasteiger charge is -2.18. The number of benzene rings is 2. The number of carbonyl (C=O) groups excluding carboxylic acids is 1. The Morgan fingerprint density at radius 3 is 2.14 bits per heavy atom. The third kappa shape index (κ3) is 3.99. The lowest BCUT2D eigenvalue weighted by Crippen LogP contribution is -2.13. The van der Waals surface area contributed by atoms with Crippen LogP contribution in [0.15, 0.2) is 42.5 Å². The van der Waals surface area contributed by atoms with Crippen LogP contribution in [0.1, 0.15) is 36.7 Å². The zero-order chi connectivity index (χ0) is 15.6. The molecule has 0 aliphatic carbocycles. The molecule has 0 aliphatic rings. The van der Waals surface area contributed by atoms with Gasteiger partial charge in [-0.2, -0.15) is 0 Å². The minimum Gasteiger partial charge on any atom is -0.421 e. The topological polar surface area (TPSA) is 26.3 Å². The minimum atomic E-state index is -0.445. The third-order valence-corrected chi connectivity index (χ3v) is 3.61. The molecule has 0 fully saturated rings. The molecule has 2 aromatic rings. The first-order valence-electron chi connectivity index (χ1n) is 6.55. The van der Waals surface area contributed by atoms with Crippen LogP contribution < -0.4 is 4.74 Å². The SMILES string of the molecule is CC(C)(C)c1ccc(C(=O)Oc2ccc(Cl)cc2Cl)cc1. The van der Waals surface area contributed by atoms with E-state index in [1.54, 1.807) is 24.3 Å². The van der Waals surface area contributed by atoms with Crippen LogP contribution in [0.5, 0.6) is 5.75 Å². The summed E-state index contributed by atoms with van der Waals surface area (Å²) in [6.45, 7) is 6.36. The summed E-state index contributed by atoms with van der Waals surface area (Å²) >= 11 is 11.8. The number of hydrogen-bond acceptors (Lipinski definition) is 2. The Morgan fingerprint density at radius 1 is 1.00 bits per heavy atom. The third-order valence-electron chi connectivity index (χ3n) is 3.08. The normalized spacial score (nSPS) is 11.3. The molecule has 2 aromatic carbocycles. The predicted molar refractivity (Wildman–Crippen MR) is 86.6 cm³/mol. The lowest BCUT2D eigenvalue weighted by atomic mass is 9.87. The molecule has 2 rings (SSSR count). The van der Waals surface area contributed by atoms with Crippen LogP contribution in [0.4, 0.5) is 0 Å². The zero-order valence-corrected chi connectivity index (χ0v) is 13.6. The number of ether oxygens (including phenoxy) is 1. The van der Waals surface area contributed by atoms with E-state index < -0.39 is 5.97 Å². The second kappa shape index (κ2) is 6.08. The van der Waals surface area contributed by atoms with E-state index in [9.17, 15) is 4.79 Å². The molecule has 0 radical (unpaired) electrons. The highest BCUT2D eigenvalue weighted by atomic mass is 35.5. The molecule has 0 aromatic heterocycles. The summed E-state index contributed by atoms with van der Waals surface area (Å²) in [5.41, 5.74) is 1.68. The predicted octanol–water partition coefficient (Wildman–Crippen LogP) is 5.51. The van der Waals surface area contributed by atoms with E-state index in [1.165, 1.54) is 6.07 Å². The van der Waals surface area contributed by atoms with Gasteiger partial charge in [-0.3, -0.25) is 0 Å². The number of esters is 1. The molecular formula is C17H16Cl2O2. The average molecular weight is 323 g/mol. The summed E-state index contributed by atoms with van der Waals surface area (Å²) < 4.78 is 5.28. The number of hydrogen-bond donors (Lipinski definition) is 0. The molecular weight excluding hydrogens is 307 g/mol. The Labute approximate surface area is 134 Å². The van der Waals surface area contributed by atoms with Gasteiger partial charge in [-0.1, -0.05) is 56.1 Å². The van der Waals surface area contributed by atoms with E-state index in [0.717, 1.165) is 5.56 Å². The Balaban J connectivity index is 2.17. The summed E-state index contributed by atoms with van der Waals surface area (Å²) in [4.78, 5) is 12.1. The summed E-state index contributed by atoms with van der Waals surface area (Å²) in [6, 6.07) is 12.1. The van der Waals surface area contributed by atoms with Crippen molar-refractivity contribution in [2.75, 3.05) is 0 Å². The van der Waals surface area contributed by atoms with E-state index in [0.29, 0.717) is 21.4 Å². The Bertz CT molecular complexity index is 655. The molecule has 0 amide bonds. The molecule has 0 spiro atoms. The van der Waals surface area contributed by atoms with Crippen LogP contribution in [0.25, 0.3) is 0 Å². The Kier molecular flexibility index (Phi) is 4.60. The van der Waals surface area contributed by atoms with E-state index in [1.807, 2.05) is 12.1 Å². The van der Waals surface area contributed by atoms with Gasteiger partial charge in [0.15, 0.2) is 0 Å². The summed E-state index contributed by atoms with van der Waals surface area (Å²) in [7, 11) is 0. The van der Waals surface area contributed by atoms with Crippen molar-refractivity contribution < 1.29 is 9.53 Å². The molecule has 0 unspecified atom stereocenters. The van der Waals surface area contributed by atoms with Crippen LogP contribution in [-0.4, -0.2) is 5.97 Å². The lowest BCUT2D eigenvalue weighted by molar-refractivity contribution is 0.0735. The van der Waals surface area contributed by atoms with Gasteiger partial charge in [-0.05, 0) is 41.3 Å². The summed E-state index contributed by atoms with van der Waals surface area (Å²) in [6.07, 6.45) is 0. The van der Waals surface area contributed by atoms with Crippen molar-refractivity contribution in [3.63, 3.8) is 0 Å². The standard InChI is InChI=1S/C17H16Cl2O2/c1-17(2,3)12-6-4-11(5-7-12)16(20)21-15-9-8-13(18)10-14(15)19/h4-10H,1-3H3. The minimum absolute atomic E-state index is 0.0436. The van der Waals surface area contributed by atoms with Gasteiger partial charge in [0.2, 0.25) is 0 Å². The van der Waals surface area contributed by atoms with Crippen molar-refractivity contribution in [3.8, 4) is 5.75 Å². The molecule has 110 valence electrons. The first kappa shape index (κ1) is 15.9. The van der Waals surface area contributed by atoms with Crippen molar-refractivity contribution in [1.82, 2.24) is 0 Å². The summed E-state index contributed by atoms with van der Waals surface area (Å²) in [5, 5.41) is 0.802. The number of halogens is 2. The highest BCUT2D eigenvalue weighted by Crippen LogP contribution is 2.28. The van der Waals surface area contributed by atoms with Crippen molar-refractivity contribution in [3.05, 3.63) is 63.6 Å². The molecule has 0 bridgehead atoms. The molecule has 0 N–H and O–H groups in total. The smallest absolute Gasteiger partial charge is 0.343 e. The first-order valence-corrected chi connectivity index (χ1v) is 7.31. The van der Waals surface area contributed by atoms with E-state index in [-0.39, 0.29) is 5.41 Å². The molecule has 2 nitrogen and oxygen atoms in total. The van der Waals surface area contributed by atoms with Crippen LogP contribution in [0, 0.1) is 0 Å². The van der Waals surface area contributed by atoms with Gasteiger partial charge in [0, 0.05) is 5.02 Å². The fraction of sp³-hybridized carbons (Fsp3) is 0.235. The molecule has 0 aliphatic heterocycles. The maximum absolute atomic E-state index is 12.1. The highest BCUT2D eigenvalue weighted by molar-refractivity contribution is 6.35. The van der Waals surface area contributed by atoms with Gasteiger partial charge in [-0.15, -0.1) is 0 Å². The second-order valence-electron chi connectivity index (χ2n) is 5.79. The molecule has 0 saturated carbocycles.